The Bertz CT molecular complexity index is 400. The highest BCUT2D eigenvalue weighted by Crippen LogP contribution is 2.23. The summed E-state index contributed by atoms with van der Waals surface area (Å²) in [6.07, 6.45) is 41.7. The van der Waals surface area contributed by atoms with Gasteiger partial charge in [-0.1, -0.05) is 180 Å². The van der Waals surface area contributed by atoms with E-state index in [1.807, 2.05) is 6.55 Å². The van der Waals surface area contributed by atoms with Gasteiger partial charge in [0, 0.05) is 0 Å². The van der Waals surface area contributed by atoms with E-state index in [4.69, 9.17) is 22.2 Å². The molecule has 218 valence electrons. The Morgan fingerprint density at radius 2 is 0.500 bits per heavy atom. The summed E-state index contributed by atoms with van der Waals surface area (Å²) in [5, 5.41) is 0. The second-order valence-electron chi connectivity index (χ2n) is 11.8. The van der Waals surface area contributed by atoms with Gasteiger partial charge in [-0.15, -0.1) is 22.2 Å². The molecule has 0 aromatic heterocycles. The number of halogens is 2. The van der Waals surface area contributed by atoms with Crippen molar-refractivity contribution in [3.05, 3.63) is 0 Å². The summed E-state index contributed by atoms with van der Waals surface area (Å²) in [5.74, 6) is 1.06. The maximum atomic E-state index is 6.15. The van der Waals surface area contributed by atoms with Crippen LogP contribution in [0.25, 0.3) is 0 Å². The third-order valence-electron chi connectivity index (χ3n) is 7.77. The van der Waals surface area contributed by atoms with Crippen molar-refractivity contribution in [1.29, 1.82) is 0 Å². The lowest BCUT2D eigenvalue weighted by Crippen LogP contribution is -2.11. The van der Waals surface area contributed by atoms with Crippen molar-refractivity contribution in [2.24, 2.45) is 0 Å². The fourth-order valence-corrected chi connectivity index (χ4v) is 7.22. The van der Waals surface area contributed by atoms with Gasteiger partial charge in [0.25, 0.3) is 0 Å². The first-order valence-corrected chi connectivity index (χ1v) is 21.9. The van der Waals surface area contributed by atoms with Crippen LogP contribution in [0.15, 0.2) is 0 Å². The van der Waals surface area contributed by atoms with Gasteiger partial charge in [-0.3, -0.25) is 0 Å². The van der Waals surface area contributed by atoms with Crippen molar-refractivity contribution in [1.82, 2.24) is 0 Å². The van der Waals surface area contributed by atoms with Crippen LogP contribution in [0.4, 0.5) is 0 Å². The largest absolute Gasteiger partial charge is 0.248 e. The molecule has 0 aliphatic rings. The molecule has 0 radical (unpaired) electrons. The predicted molar refractivity (Wildman–Crippen MR) is 176 cm³/mol. The zero-order valence-electron chi connectivity index (χ0n) is 24.6. The molecule has 4 heteroatoms. The first kappa shape index (κ1) is 37.1. The Labute approximate surface area is 245 Å². The summed E-state index contributed by atoms with van der Waals surface area (Å²) in [6, 6.07) is 1.06. The van der Waals surface area contributed by atoms with Gasteiger partial charge >= 0.3 is 0 Å². The molecule has 0 aliphatic heterocycles. The van der Waals surface area contributed by atoms with Crippen LogP contribution < -0.4 is 0 Å². The zero-order chi connectivity index (χ0) is 26.4. The van der Waals surface area contributed by atoms with E-state index in [0.717, 1.165) is 11.8 Å². The maximum Gasteiger partial charge on any atom is 0.248 e. The van der Waals surface area contributed by atoms with Crippen LogP contribution in [0, 0.1) is 0 Å². The minimum absolute atomic E-state index is 1.06. The van der Waals surface area contributed by atoms with E-state index < -0.39 is 6.69 Å². The standard InChI is InChI=1S/C32H66Cl2SSi/c1-36(33,34)32-30-28-26-24-22-20-18-16-14-12-10-8-6-4-2-3-5-7-9-11-13-15-17-19-21-23-25-27-29-31-35/h35H,2-32H2,1H3. The Morgan fingerprint density at radius 1 is 0.333 bits per heavy atom. The molecule has 0 nitrogen and oxygen atoms in total. The summed E-state index contributed by atoms with van der Waals surface area (Å²) in [6.45, 7) is 0.201. The second-order valence-corrected chi connectivity index (χ2v) is 20.5. The summed E-state index contributed by atoms with van der Waals surface area (Å²) in [5.41, 5.74) is 0. The van der Waals surface area contributed by atoms with Crippen molar-refractivity contribution < 1.29 is 0 Å². The van der Waals surface area contributed by atoms with Crippen molar-refractivity contribution >= 4 is 41.5 Å². The van der Waals surface area contributed by atoms with Gasteiger partial charge in [-0.25, -0.2) is 0 Å². The van der Waals surface area contributed by atoms with Crippen LogP contribution in [0.2, 0.25) is 12.6 Å². The van der Waals surface area contributed by atoms with Crippen LogP contribution in [0.1, 0.15) is 186 Å². The minimum atomic E-state index is -1.84. The molecule has 0 N–H and O–H groups in total. The summed E-state index contributed by atoms with van der Waals surface area (Å²) in [7, 11) is 0. The fourth-order valence-electron chi connectivity index (χ4n) is 5.32. The highest BCUT2D eigenvalue weighted by atomic mass is 35.7. The third kappa shape index (κ3) is 35.1. The van der Waals surface area contributed by atoms with Gasteiger partial charge in [0.05, 0.1) is 0 Å². The van der Waals surface area contributed by atoms with Gasteiger partial charge < -0.3 is 0 Å². The van der Waals surface area contributed by atoms with Gasteiger partial charge in [0.1, 0.15) is 0 Å². The third-order valence-corrected chi connectivity index (χ3v) is 10.5. The molecule has 0 saturated carbocycles. The van der Waals surface area contributed by atoms with Crippen LogP contribution in [-0.2, 0) is 0 Å². The molecule has 36 heavy (non-hydrogen) atoms. The van der Waals surface area contributed by atoms with Crippen LogP contribution in [0.5, 0.6) is 0 Å². The minimum Gasteiger partial charge on any atom is -0.179 e. The van der Waals surface area contributed by atoms with Gasteiger partial charge in [0.15, 0.2) is 0 Å². The van der Waals surface area contributed by atoms with Crippen LogP contribution in [-0.4, -0.2) is 12.4 Å². The van der Waals surface area contributed by atoms with Crippen molar-refractivity contribution in [2.45, 2.75) is 199 Å². The fraction of sp³-hybridized carbons (Fsp3) is 1.00. The SMILES string of the molecule is C[Si](Cl)(Cl)CCCCCCCCCCCCCCCCCCCCCCCCCCCCCCCS. The first-order valence-electron chi connectivity index (χ1n) is 16.5. The predicted octanol–water partition coefficient (Wildman–Crippen LogP) is 13.8. The highest BCUT2D eigenvalue weighted by molar-refractivity contribution is 7.80. The van der Waals surface area contributed by atoms with E-state index in [-0.39, 0.29) is 0 Å². The van der Waals surface area contributed by atoms with Crippen LogP contribution >= 0.6 is 34.8 Å². The molecule has 0 bridgehead atoms. The van der Waals surface area contributed by atoms with Crippen molar-refractivity contribution in [3.63, 3.8) is 0 Å². The molecule has 0 atom stereocenters. The lowest BCUT2D eigenvalue weighted by atomic mass is 10.0. The Hall–Kier alpha value is 1.15. The molecule has 0 spiro atoms. The first-order chi connectivity index (χ1) is 17.6. The molecule has 0 rings (SSSR count). The van der Waals surface area contributed by atoms with E-state index in [2.05, 4.69) is 12.6 Å². The number of hydrogen-bond acceptors (Lipinski definition) is 1. The summed E-state index contributed by atoms with van der Waals surface area (Å²) >= 11 is 16.6. The van der Waals surface area contributed by atoms with Gasteiger partial charge in [-0.05, 0) is 24.8 Å². The number of hydrogen-bond donors (Lipinski definition) is 1. The van der Waals surface area contributed by atoms with E-state index >= 15 is 0 Å². The number of unbranched alkanes of at least 4 members (excludes halogenated alkanes) is 28. The average molecular weight is 582 g/mol. The Balaban J connectivity index is 3.03. The van der Waals surface area contributed by atoms with E-state index in [1.165, 1.54) is 186 Å². The second kappa shape index (κ2) is 30.7. The molecule has 0 aromatic carbocycles. The Kier molecular flexibility index (Phi) is 31.7. The lowest BCUT2D eigenvalue weighted by Gasteiger charge is -2.09. The summed E-state index contributed by atoms with van der Waals surface area (Å²) in [4.78, 5) is 0. The highest BCUT2D eigenvalue weighted by Gasteiger charge is 2.19. The topological polar surface area (TPSA) is 0 Å². The molecule has 0 amide bonds. The number of rotatable bonds is 31. The molecular formula is C32H66Cl2SSi. The number of thiol groups is 1. The molecule has 0 heterocycles. The molecule has 0 fully saturated rings. The molecule has 0 unspecified atom stereocenters. The smallest absolute Gasteiger partial charge is 0.179 e. The molecule has 0 aliphatic carbocycles. The quantitative estimate of drug-likeness (QED) is 0.0358. The monoisotopic (exact) mass is 580 g/mol. The van der Waals surface area contributed by atoms with Gasteiger partial charge in [0.2, 0.25) is 6.69 Å². The normalized spacial score (nSPS) is 12.0. The molecular weight excluding hydrogens is 515 g/mol. The molecule has 0 aromatic rings. The van der Waals surface area contributed by atoms with Gasteiger partial charge in [-0.2, -0.15) is 12.6 Å². The molecule has 0 saturated heterocycles. The van der Waals surface area contributed by atoms with Crippen molar-refractivity contribution in [2.75, 3.05) is 5.75 Å². The maximum absolute atomic E-state index is 6.15. The van der Waals surface area contributed by atoms with E-state index in [0.29, 0.717) is 0 Å². The van der Waals surface area contributed by atoms with E-state index in [9.17, 15) is 0 Å². The lowest BCUT2D eigenvalue weighted by molar-refractivity contribution is 0.514. The van der Waals surface area contributed by atoms with Crippen molar-refractivity contribution in [3.8, 4) is 0 Å². The zero-order valence-corrected chi connectivity index (χ0v) is 28.0. The van der Waals surface area contributed by atoms with Crippen LogP contribution in [0.3, 0.4) is 0 Å². The summed E-state index contributed by atoms with van der Waals surface area (Å²) < 4.78 is 0. The van der Waals surface area contributed by atoms with E-state index in [1.54, 1.807) is 0 Å². The Morgan fingerprint density at radius 3 is 0.667 bits per heavy atom. The average Bonchev–Trinajstić information content (AvgIpc) is 2.84.